The number of carbonyl (C=O) groups excluding carboxylic acids is 1. The van der Waals surface area contributed by atoms with Gasteiger partial charge in [0.15, 0.2) is 4.32 Å². The smallest absolute Gasteiger partial charge is 0.296 e. The Labute approximate surface area is 295 Å². The summed E-state index contributed by atoms with van der Waals surface area (Å²) in [6.45, 7) is 9.85. The molecule has 12 heteroatoms. The molecule has 2 aliphatic rings. The average molecular weight is 694 g/mol. The van der Waals surface area contributed by atoms with Crippen LogP contribution in [0.3, 0.4) is 0 Å². The average Bonchev–Trinajstić information content (AvgIpc) is 3.50. The number of anilines is 2. The number of para-hydroxylation sites is 1. The summed E-state index contributed by atoms with van der Waals surface area (Å²) < 4.78 is 5.21. The van der Waals surface area contributed by atoms with Crippen molar-refractivity contribution < 1.29 is 4.79 Å². The number of rotatable bonds is 9. The van der Waals surface area contributed by atoms with Gasteiger partial charge in [-0.1, -0.05) is 85.9 Å². The number of nitrogens with zero attached hydrogens (tertiary/aromatic N) is 7. The van der Waals surface area contributed by atoms with Gasteiger partial charge in [-0.25, -0.2) is 4.68 Å². The highest BCUT2D eigenvalue weighted by Crippen LogP contribution is 2.38. The van der Waals surface area contributed by atoms with Gasteiger partial charge in [-0.3, -0.25) is 33.4 Å². The second kappa shape index (κ2) is 14.4. The second-order valence-electron chi connectivity index (χ2n) is 12.3. The third-order valence-electron chi connectivity index (χ3n) is 9.32. The first-order valence-electron chi connectivity index (χ1n) is 16.5. The summed E-state index contributed by atoms with van der Waals surface area (Å²) in [5.41, 5.74) is 3.28. The number of piperazine rings is 1. The van der Waals surface area contributed by atoms with Gasteiger partial charge in [0.1, 0.15) is 23.1 Å². The van der Waals surface area contributed by atoms with Gasteiger partial charge in [-0.15, -0.1) is 0 Å². The Morgan fingerprint density at radius 3 is 2.22 bits per heavy atom. The predicted molar refractivity (Wildman–Crippen MR) is 200 cm³/mol. The molecule has 6 rings (SSSR count). The Hall–Kier alpha value is -4.70. The van der Waals surface area contributed by atoms with Crippen molar-refractivity contribution in [3.63, 3.8) is 0 Å². The SMILES string of the molecule is CCCCn1c(N2CCN(Cc3ccccc3)CC2)c(/C=C2/SC(=S)N(c3c(C)n(C)n(-c4ccccc4)c3=O)C2=O)c(C)c(C#N)c1=O. The molecule has 49 heavy (non-hydrogen) atoms. The lowest BCUT2D eigenvalue weighted by Crippen LogP contribution is -2.48. The number of carbonyl (C=O) groups is 1. The number of amides is 1. The van der Waals surface area contributed by atoms with Crippen molar-refractivity contribution in [1.29, 1.82) is 5.26 Å². The molecule has 2 saturated heterocycles. The van der Waals surface area contributed by atoms with Gasteiger partial charge < -0.3 is 4.90 Å². The highest BCUT2D eigenvalue weighted by molar-refractivity contribution is 8.27. The number of nitriles is 1. The van der Waals surface area contributed by atoms with Crippen LogP contribution in [0.2, 0.25) is 0 Å². The molecule has 4 heterocycles. The highest BCUT2D eigenvalue weighted by atomic mass is 32.2. The van der Waals surface area contributed by atoms with E-state index in [9.17, 15) is 19.6 Å². The quantitative estimate of drug-likeness (QED) is 0.171. The molecule has 4 aromatic rings. The van der Waals surface area contributed by atoms with Gasteiger partial charge in [0.05, 0.1) is 16.3 Å². The summed E-state index contributed by atoms with van der Waals surface area (Å²) in [7, 11) is 1.78. The van der Waals surface area contributed by atoms with E-state index in [-0.39, 0.29) is 26.7 Å². The van der Waals surface area contributed by atoms with E-state index in [1.165, 1.54) is 15.1 Å². The zero-order valence-corrected chi connectivity index (χ0v) is 29.8. The van der Waals surface area contributed by atoms with Crippen LogP contribution in [-0.4, -0.2) is 55.2 Å². The minimum absolute atomic E-state index is 0.0638. The van der Waals surface area contributed by atoms with Crippen molar-refractivity contribution in [3.8, 4) is 11.8 Å². The monoisotopic (exact) mass is 693 g/mol. The van der Waals surface area contributed by atoms with Crippen LogP contribution in [0.4, 0.5) is 11.5 Å². The van der Waals surface area contributed by atoms with Crippen molar-refractivity contribution in [2.75, 3.05) is 36.0 Å². The zero-order valence-electron chi connectivity index (χ0n) is 28.2. The van der Waals surface area contributed by atoms with Crippen LogP contribution in [0.1, 0.15) is 47.7 Å². The standard InChI is InChI=1S/C37H39N7O3S2/c1-5-6-17-42-33(41-20-18-40(19-21-41)24-27-13-9-7-10-14-27)29(25(2)30(23-38)34(42)45)22-31-35(46)43(37(48)49-31)32-26(3)39(4)44(36(32)47)28-15-11-8-12-16-28/h7-16,22H,5-6,17-21,24H2,1-4H3/b31-22+. The summed E-state index contributed by atoms with van der Waals surface area (Å²) in [5.74, 6) is 0.297. The number of aromatic nitrogens is 3. The van der Waals surface area contributed by atoms with E-state index in [0.29, 0.717) is 52.9 Å². The van der Waals surface area contributed by atoms with E-state index in [2.05, 4.69) is 34.9 Å². The molecule has 2 fully saturated rings. The van der Waals surface area contributed by atoms with Crippen molar-refractivity contribution in [1.82, 2.24) is 18.8 Å². The Morgan fingerprint density at radius 2 is 1.59 bits per heavy atom. The summed E-state index contributed by atoms with van der Waals surface area (Å²) in [6.07, 6.45) is 3.39. The lowest BCUT2D eigenvalue weighted by molar-refractivity contribution is -0.113. The third kappa shape index (κ3) is 6.41. The fourth-order valence-corrected chi connectivity index (χ4v) is 7.82. The Balaban J connectivity index is 1.41. The molecule has 0 saturated carbocycles. The number of hydrogen-bond acceptors (Lipinski definition) is 8. The molecular formula is C37H39N7O3S2. The fourth-order valence-electron chi connectivity index (χ4n) is 6.57. The van der Waals surface area contributed by atoms with Crippen LogP contribution in [0, 0.1) is 25.2 Å². The molecule has 0 spiro atoms. The Bertz CT molecular complexity index is 2100. The molecule has 0 bridgehead atoms. The van der Waals surface area contributed by atoms with Gasteiger partial charge in [0.25, 0.3) is 17.0 Å². The minimum atomic E-state index is -0.413. The molecule has 2 aliphatic heterocycles. The summed E-state index contributed by atoms with van der Waals surface area (Å²) in [4.78, 5) is 48.1. The summed E-state index contributed by atoms with van der Waals surface area (Å²) in [6, 6.07) is 21.7. The van der Waals surface area contributed by atoms with E-state index in [1.807, 2.05) is 48.5 Å². The molecule has 10 nitrogen and oxygen atoms in total. The van der Waals surface area contributed by atoms with Crippen molar-refractivity contribution in [2.45, 2.75) is 46.7 Å². The number of unbranched alkanes of at least 4 members (excludes halogenated alkanes) is 1. The van der Waals surface area contributed by atoms with Gasteiger partial charge in [-0.05, 0) is 49.6 Å². The molecule has 0 N–H and O–H groups in total. The third-order valence-corrected chi connectivity index (χ3v) is 10.6. The van der Waals surface area contributed by atoms with Gasteiger partial charge >= 0.3 is 0 Å². The van der Waals surface area contributed by atoms with Crippen LogP contribution >= 0.6 is 24.0 Å². The second-order valence-corrected chi connectivity index (χ2v) is 14.0. The molecular weight excluding hydrogens is 655 g/mol. The van der Waals surface area contributed by atoms with Crippen molar-refractivity contribution in [2.24, 2.45) is 7.05 Å². The largest absolute Gasteiger partial charge is 0.355 e. The number of thioether (sulfide) groups is 1. The molecule has 2 aromatic heterocycles. The normalized spacial score (nSPS) is 16.2. The molecule has 1 amide bonds. The van der Waals surface area contributed by atoms with Gasteiger partial charge in [0.2, 0.25) is 0 Å². The van der Waals surface area contributed by atoms with Crippen LogP contribution in [0.15, 0.2) is 75.2 Å². The van der Waals surface area contributed by atoms with Gasteiger partial charge in [0, 0.05) is 51.9 Å². The van der Waals surface area contributed by atoms with Crippen LogP contribution in [0.25, 0.3) is 11.8 Å². The fraction of sp³-hybridized carbons (Fsp3) is 0.324. The number of pyridine rings is 1. The molecule has 0 radical (unpaired) electrons. The van der Waals surface area contributed by atoms with Crippen molar-refractivity contribution in [3.05, 3.63) is 114 Å². The first-order chi connectivity index (χ1) is 23.7. The molecule has 0 atom stereocenters. The zero-order chi connectivity index (χ0) is 34.8. The molecule has 252 valence electrons. The molecule has 0 aliphatic carbocycles. The van der Waals surface area contributed by atoms with E-state index >= 15 is 0 Å². The summed E-state index contributed by atoms with van der Waals surface area (Å²) in [5, 5.41) is 10.1. The maximum atomic E-state index is 14.2. The van der Waals surface area contributed by atoms with E-state index in [1.54, 1.807) is 36.2 Å². The first-order valence-corrected chi connectivity index (χ1v) is 17.7. The maximum Gasteiger partial charge on any atom is 0.296 e. The summed E-state index contributed by atoms with van der Waals surface area (Å²) >= 11 is 6.86. The topological polar surface area (TPSA) is 99.5 Å². The maximum absolute atomic E-state index is 14.2. The molecule has 0 unspecified atom stereocenters. The number of thiocarbonyl (C=S) groups is 1. The van der Waals surface area contributed by atoms with E-state index in [4.69, 9.17) is 12.2 Å². The predicted octanol–water partition coefficient (Wildman–Crippen LogP) is 5.35. The van der Waals surface area contributed by atoms with Gasteiger partial charge in [-0.2, -0.15) is 5.26 Å². The van der Waals surface area contributed by atoms with Crippen LogP contribution in [0.5, 0.6) is 0 Å². The Morgan fingerprint density at radius 1 is 0.939 bits per heavy atom. The number of benzene rings is 2. The van der Waals surface area contributed by atoms with Crippen molar-refractivity contribution >= 4 is 51.8 Å². The first kappa shape index (κ1) is 34.2. The lowest BCUT2D eigenvalue weighted by Gasteiger charge is -2.38. The highest BCUT2D eigenvalue weighted by Gasteiger charge is 2.38. The van der Waals surface area contributed by atoms with E-state index in [0.717, 1.165) is 44.2 Å². The number of hydrogen-bond donors (Lipinski definition) is 0. The minimum Gasteiger partial charge on any atom is -0.355 e. The van der Waals surface area contributed by atoms with Crippen LogP contribution in [-0.2, 0) is 24.9 Å². The Kier molecular flexibility index (Phi) is 10.1. The van der Waals surface area contributed by atoms with Crippen LogP contribution < -0.4 is 20.9 Å². The van der Waals surface area contributed by atoms with E-state index < -0.39 is 5.91 Å². The molecule has 2 aromatic carbocycles. The lowest BCUT2D eigenvalue weighted by atomic mass is 10.0.